The lowest BCUT2D eigenvalue weighted by Gasteiger charge is -2.35. The molecule has 0 saturated carbocycles. The fourth-order valence-corrected chi connectivity index (χ4v) is 2.01. The van der Waals surface area contributed by atoms with E-state index in [-0.39, 0.29) is 0 Å². The molecule has 0 aromatic heterocycles. The summed E-state index contributed by atoms with van der Waals surface area (Å²) in [6.07, 6.45) is 2.30. The van der Waals surface area contributed by atoms with Gasteiger partial charge in [-0.05, 0) is 31.0 Å². The van der Waals surface area contributed by atoms with Crippen molar-refractivity contribution < 1.29 is 0 Å². The Kier molecular flexibility index (Phi) is 3.97. The number of nitrogens with one attached hydrogen (secondary N) is 1. The molecule has 2 nitrogen and oxygen atoms in total. The lowest BCUT2D eigenvalue weighted by molar-refractivity contribution is 0.182. The molecule has 0 radical (unpaired) electrons. The van der Waals surface area contributed by atoms with Crippen LogP contribution in [0, 0.1) is 0 Å². The fraction of sp³-hybridized carbons (Fsp3) is 0.571. The SMILES string of the molecule is CCc1ccc(CCN(C)C2CNC2)cc1. The second kappa shape index (κ2) is 5.46. The summed E-state index contributed by atoms with van der Waals surface area (Å²) in [5, 5.41) is 3.31. The summed E-state index contributed by atoms with van der Waals surface area (Å²) in [6, 6.07) is 9.80. The van der Waals surface area contributed by atoms with Crippen molar-refractivity contribution >= 4 is 0 Å². The van der Waals surface area contributed by atoms with E-state index in [9.17, 15) is 0 Å². The number of rotatable bonds is 5. The number of benzene rings is 1. The summed E-state index contributed by atoms with van der Waals surface area (Å²) in [5.74, 6) is 0. The van der Waals surface area contributed by atoms with Gasteiger partial charge in [0.25, 0.3) is 0 Å². The van der Waals surface area contributed by atoms with E-state index in [4.69, 9.17) is 0 Å². The van der Waals surface area contributed by atoms with Crippen LogP contribution in [0.1, 0.15) is 18.1 Å². The van der Waals surface area contributed by atoms with Crippen molar-refractivity contribution in [1.82, 2.24) is 10.2 Å². The molecule has 2 heteroatoms. The Morgan fingerprint density at radius 2 is 1.81 bits per heavy atom. The minimum absolute atomic E-state index is 0.759. The molecule has 88 valence electrons. The van der Waals surface area contributed by atoms with Gasteiger partial charge in [-0.15, -0.1) is 0 Å². The Labute approximate surface area is 98.7 Å². The molecule has 1 fully saturated rings. The number of nitrogens with zero attached hydrogens (tertiary/aromatic N) is 1. The van der Waals surface area contributed by atoms with Crippen molar-refractivity contribution in [3.8, 4) is 0 Å². The third-order valence-electron chi connectivity index (χ3n) is 3.57. The van der Waals surface area contributed by atoms with Gasteiger partial charge in [0.15, 0.2) is 0 Å². The van der Waals surface area contributed by atoms with E-state index >= 15 is 0 Å². The molecule has 1 aliphatic heterocycles. The molecule has 0 bridgehead atoms. The minimum atomic E-state index is 0.759. The molecule has 16 heavy (non-hydrogen) atoms. The highest BCUT2D eigenvalue weighted by atomic mass is 15.2. The van der Waals surface area contributed by atoms with E-state index in [1.54, 1.807) is 0 Å². The fourth-order valence-electron chi connectivity index (χ4n) is 2.01. The van der Waals surface area contributed by atoms with E-state index in [0.29, 0.717) is 0 Å². The van der Waals surface area contributed by atoms with E-state index in [2.05, 4.69) is 48.5 Å². The van der Waals surface area contributed by atoms with Crippen LogP contribution in [0.4, 0.5) is 0 Å². The van der Waals surface area contributed by atoms with Crippen LogP contribution in [0.25, 0.3) is 0 Å². The molecule has 0 aliphatic carbocycles. The molecule has 1 heterocycles. The van der Waals surface area contributed by atoms with Crippen LogP contribution in [-0.4, -0.2) is 37.6 Å². The summed E-state index contributed by atoms with van der Waals surface area (Å²) in [6.45, 7) is 5.68. The van der Waals surface area contributed by atoms with Crippen LogP contribution >= 0.6 is 0 Å². The lowest BCUT2D eigenvalue weighted by atomic mass is 10.1. The highest BCUT2D eigenvalue weighted by Crippen LogP contribution is 2.08. The molecule has 2 rings (SSSR count). The zero-order valence-corrected chi connectivity index (χ0v) is 10.4. The Morgan fingerprint density at radius 1 is 1.19 bits per heavy atom. The first kappa shape index (κ1) is 11.6. The standard InChI is InChI=1S/C14H22N2/c1-3-12-4-6-13(7-5-12)8-9-16(2)14-10-15-11-14/h4-7,14-15H,3,8-11H2,1-2H3. The van der Waals surface area contributed by atoms with Gasteiger partial charge in [-0.25, -0.2) is 0 Å². The summed E-state index contributed by atoms with van der Waals surface area (Å²) in [5.41, 5.74) is 2.89. The number of hydrogen-bond acceptors (Lipinski definition) is 2. The smallest absolute Gasteiger partial charge is 0.0342 e. The average molecular weight is 218 g/mol. The van der Waals surface area contributed by atoms with Crippen molar-refractivity contribution in [3.63, 3.8) is 0 Å². The van der Waals surface area contributed by atoms with Gasteiger partial charge in [0.05, 0.1) is 0 Å². The Bertz CT molecular complexity index is 314. The van der Waals surface area contributed by atoms with Crippen molar-refractivity contribution in [1.29, 1.82) is 0 Å². The second-order valence-corrected chi connectivity index (χ2v) is 4.71. The normalized spacial score (nSPS) is 16.4. The van der Waals surface area contributed by atoms with Crippen molar-refractivity contribution in [2.45, 2.75) is 25.8 Å². The number of hydrogen-bond donors (Lipinski definition) is 1. The van der Waals surface area contributed by atoms with Crippen LogP contribution < -0.4 is 5.32 Å². The average Bonchev–Trinajstić information content (AvgIpc) is 2.25. The van der Waals surface area contributed by atoms with E-state index < -0.39 is 0 Å². The first-order valence-corrected chi connectivity index (χ1v) is 6.28. The molecule has 1 saturated heterocycles. The van der Waals surface area contributed by atoms with Gasteiger partial charge < -0.3 is 10.2 Å². The third kappa shape index (κ3) is 2.83. The molecule has 0 unspecified atom stereocenters. The highest BCUT2D eigenvalue weighted by molar-refractivity contribution is 5.22. The maximum atomic E-state index is 3.31. The van der Waals surface area contributed by atoms with Gasteiger partial charge >= 0.3 is 0 Å². The molecule has 1 aliphatic rings. The molecule has 1 N–H and O–H groups in total. The maximum Gasteiger partial charge on any atom is 0.0342 e. The molecular formula is C14H22N2. The zero-order chi connectivity index (χ0) is 11.4. The summed E-state index contributed by atoms with van der Waals surface area (Å²) in [4.78, 5) is 2.46. The van der Waals surface area contributed by atoms with Gasteiger partial charge in [-0.2, -0.15) is 0 Å². The first-order valence-electron chi connectivity index (χ1n) is 6.28. The van der Waals surface area contributed by atoms with Crippen molar-refractivity contribution in [2.24, 2.45) is 0 Å². The van der Waals surface area contributed by atoms with Crippen LogP contribution in [0.3, 0.4) is 0 Å². The highest BCUT2D eigenvalue weighted by Gasteiger charge is 2.20. The van der Waals surface area contributed by atoms with Crippen molar-refractivity contribution in [2.75, 3.05) is 26.7 Å². The van der Waals surface area contributed by atoms with Gasteiger partial charge in [0, 0.05) is 25.7 Å². The van der Waals surface area contributed by atoms with Crippen LogP contribution in [0.15, 0.2) is 24.3 Å². The topological polar surface area (TPSA) is 15.3 Å². The lowest BCUT2D eigenvalue weighted by Crippen LogP contribution is -2.56. The summed E-state index contributed by atoms with van der Waals surface area (Å²) >= 11 is 0. The molecular weight excluding hydrogens is 196 g/mol. The monoisotopic (exact) mass is 218 g/mol. The Balaban J connectivity index is 1.79. The third-order valence-corrected chi connectivity index (χ3v) is 3.57. The maximum absolute atomic E-state index is 3.31. The molecule has 1 aromatic carbocycles. The second-order valence-electron chi connectivity index (χ2n) is 4.71. The molecule has 0 amide bonds. The number of aryl methyl sites for hydroxylation is 1. The van der Waals surface area contributed by atoms with Gasteiger partial charge in [0.2, 0.25) is 0 Å². The van der Waals surface area contributed by atoms with Crippen LogP contribution in [-0.2, 0) is 12.8 Å². The molecule has 0 atom stereocenters. The Morgan fingerprint density at radius 3 is 2.31 bits per heavy atom. The quantitative estimate of drug-likeness (QED) is 0.809. The Hall–Kier alpha value is -0.860. The van der Waals surface area contributed by atoms with Crippen LogP contribution in [0.5, 0.6) is 0 Å². The number of likely N-dealkylation sites (N-methyl/N-ethyl adjacent to an activating group) is 1. The predicted octanol–water partition coefficient (Wildman–Crippen LogP) is 1.70. The molecule has 0 spiro atoms. The first-order chi connectivity index (χ1) is 7.79. The van der Waals surface area contributed by atoms with Gasteiger partial charge in [-0.1, -0.05) is 31.2 Å². The summed E-state index contributed by atoms with van der Waals surface area (Å²) < 4.78 is 0. The zero-order valence-electron chi connectivity index (χ0n) is 10.4. The predicted molar refractivity (Wildman–Crippen MR) is 68.8 cm³/mol. The molecule has 1 aromatic rings. The summed E-state index contributed by atoms with van der Waals surface area (Å²) in [7, 11) is 2.23. The largest absolute Gasteiger partial charge is 0.314 e. The van der Waals surface area contributed by atoms with Crippen LogP contribution in [0.2, 0.25) is 0 Å². The van der Waals surface area contributed by atoms with E-state index in [1.165, 1.54) is 11.1 Å². The van der Waals surface area contributed by atoms with E-state index in [1.807, 2.05) is 0 Å². The van der Waals surface area contributed by atoms with Gasteiger partial charge in [0.1, 0.15) is 0 Å². The van der Waals surface area contributed by atoms with Gasteiger partial charge in [-0.3, -0.25) is 0 Å². The minimum Gasteiger partial charge on any atom is -0.314 e. The van der Waals surface area contributed by atoms with Crippen molar-refractivity contribution in [3.05, 3.63) is 35.4 Å². The van der Waals surface area contributed by atoms with E-state index in [0.717, 1.165) is 38.5 Å².